The van der Waals surface area contributed by atoms with Crippen molar-refractivity contribution in [2.24, 2.45) is 14.1 Å². The van der Waals surface area contributed by atoms with Gasteiger partial charge in [0.1, 0.15) is 5.00 Å². The van der Waals surface area contributed by atoms with Crippen LogP contribution in [-0.4, -0.2) is 52.6 Å². The molecule has 0 aliphatic carbocycles. The zero-order valence-electron chi connectivity index (χ0n) is 20.4. The minimum atomic E-state index is -0.467. The van der Waals surface area contributed by atoms with Crippen molar-refractivity contribution in [3.8, 4) is 22.8 Å². The minimum absolute atomic E-state index is 0.159. The lowest BCUT2D eigenvalue weighted by Gasteiger charge is -2.09. The number of nitrogens with zero attached hydrogens (tertiary/aromatic N) is 7. The Balaban J connectivity index is 1.59. The zero-order valence-corrected chi connectivity index (χ0v) is 21.3. The number of carbonyl (C=O) groups is 2. The van der Waals surface area contributed by atoms with Gasteiger partial charge < -0.3 is 10.1 Å². The molecule has 0 saturated carbocycles. The van der Waals surface area contributed by atoms with Crippen molar-refractivity contribution in [1.82, 2.24) is 34.2 Å². The molecule has 184 valence electrons. The molecule has 0 unspecified atom stereocenters. The highest BCUT2D eigenvalue weighted by atomic mass is 32.1. The van der Waals surface area contributed by atoms with Gasteiger partial charge in [-0.3, -0.25) is 14.2 Å². The standard InChI is InChI=1S/C24H24N8O3S/c1-6-35-24(34)21-13(2)14(3)36-23(21)28-22(33)16-12-20-27-15(17-7-9-25-30(17)4)11-19(32(20)29-16)18-8-10-26-31(18)5/h7-12H,6H2,1-5H3,(H,28,33). The topological polar surface area (TPSA) is 121 Å². The lowest BCUT2D eigenvalue weighted by atomic mass is 10.1. The molecule has 0 aliphatic rings. The van der Waals surface area contributed by atoms with Crippen molar-refractivity contribution in [2.75, 3.05) is 11.9 Å². The Bertz CT molecular complexity index is 1620. The maximum absolute atomic E-state index is 13.3. The third-order valence-electron chi connectivity index (χ3n) is 5.92. The van der Waals surface area contributed by atoms with Crippen molar-refractivity contribution >= 4 is 33.9 Å². The van der Waals surface area contributed by atoms with Gasteiger partial charge in [-0.05, 0) is 44.5 Å². The van der Waals surface area contributed by atoms with Crippen LogP contribution >= 0.6 is 11.3 Å². The molecule has 5 aromatic heterocycles. The summed E-state index contributed by atoms with van der Waals surface area (Å²) in [6.45, 7) is 5.72. The van der Waals surface area contributed by atoms with Crippen LogP contribution in [-0.2, 0) is 18.8 Å². The number of aromatic nitrogens is 7. The number of carbonyl (C=O) groups excluding carboxylic acids is 2. The Morgan fingerprint density at radius 3 is 2.36 bits per heavy atom. The van der Waals surface area contributed by atoms with Crippen molar-refractivity contribution in [3.05, 3.63) is 58.4 Å². The largest absolute Gasteiger partial charge is 0.462 e. The van der Waals surface area contributed by atoms with E-state index in [0.717, 1.165) is 21.8 Å². The molecule has 5 heterocycles. The highest BCUT2D eigenvalue weighted by Crippen LogP contribution is 2.33. The van der Waals surface area contributed by atoms with Gasteiger partial charge in [0.15, 0.2) is 11.3 Å². The van der Waals surface area contributed by atoms with E-state index in [1.165, 1.54) is 11.3 Å². The summed E-state index contributed by atoms with van der Waals surface area (Å²) in [7, 11) is 3.67. The summed E-state index contributed by atoms with van der Waals surface area (Å²) in [5.41, 5.74) is 4.80. The summed E-state index contributed by atoms with van der Waals surface area (Å²) in [5.74, 6) is -0.920. The molecular formula is C24H24N8O3S. The molecule has 0 atom stereocenters. The molecule has 0 radical (unpaired) electrons. The highest BCUT2D eigenvalue weighted by molar-refractivity contribution is 7.16. The van der Waals surface area contributed by atoms with Crippen LogP contribution in [0.4, 0.5) is 5.00 Å². The van der Waals surface area contributed by atoms with Crippen LogP contribution in [0.15, 0.2) is 36.7 Å². The Morgan fingerprint density at radius 2 is 1.72 bits per heavy atom. The molecule has 0 bridgehead atoms. The third kappa shape index (κ3) is 3.94. The number of rotatable bonds is 6. The molecule has 1 amide bonds. The summed E-state index contributed by atoms with van der Waals surface area (Å²) >= 11 is 1.33. The van der Waals surface area contributed by atoms with E-state index in [9.17, 15) is 9.59 Å². The summed E-state index contributed by atoms with van der Waals surface area (Å²) in [6.07, 6.45) is 3.40. The number of hydrogen-bond donors (Lipinski definition) is 1. The lowest BCUT2D eigenvalue weighted by Crippen LogP contribution is -2.15. The van der Waals surface area contributed by atoms with Crippen LogP contribution in [0.2, 0.25) is 0 Å². The fourth-order valence-electron chi connectivity index (χ4n) is 3.98. The third-order valence-corrected chi connectivity index (χ3v) is 7.04. The van der Waals surface area contributed by atoms with Gasteiger partial charge in [-0.2, -0.15) is 15.3 Å². The van der Waals surface area contributed by atoms with Crippen molar-refractivity contribution < 1.29 is 14.3 Å². The smallest absolute Gasteiger partial charge is 0.341 e. The number of amides is 1. The van der Waals surface area contributed by atoms with E-state index in [4.69, 9.17) is 9.72 Å². The fraction of sp³-hybridized carbons (Fsp3) is 0.250. The van der Waals surface area contributed by atoms with E-state index in [1.807, 2.05) is 46.1 Å². The van der Waals surface area contributed by atoms with Gasteiger partial charge >= 0.3 is 5.97 Å². The summed E-state index contributed by atoms with van der Waals surface area (Å²) in [5, 5.41) is 16.4. The number of anilines is 1. The van der Waals surface area contributed by atoms with E-state index < -0.39 is 11.9 Å². The van der Waals surface area contributed by atoms with E-state index in [-0.39, 0.29) is 12.3 Å². The van der Waals surface area contributed by atoms with E-state index in [1.54, 1.807) is 39.3 Å². The fourth-order valence-corrected chi connectivity index (χ4v) is 5.02. The van der Waals surface area contributed by atoms with Gasteiger partial charge in [0.2, 0.25) is 0 Å². The number of thiophene rings is 1. The first-order valence-corrected chi connectivity index (χ1v) is 12.1. The number of esters is 1. The number of nitrogens with one attached hydrogen (secondary N) is 1. The van der Waals surface area contributed by atoms with Crippen LogP contribution in [0.1, 0.15) is 38.2 Å². The number of aryl methyl sites for hydroxylation is 3. The van der Waals surface area contributed by atoms with Crippen molar-refractivity contribution in [1.29, 1.82) is 0 Å². The average Bonchev–Trinajstić information content (AvgIpc) is 3.61. The maximum Gasteiger partial charge on any atom is 0.341 e. The van der Waals surface area contributed by atoms with Gasteiger partial charge in [0.25, 0.3) is 5.91 Å². The molecule has 0 fully saturated rings. The molecular weight excluding hydrogens is 480 g/mol. The summed E-state index contributed by atoms with van der Waals surface area (Å²) < 4.78 is 10.3. The highest BCUT2D eigenvalue weighted by Gasteiger charge is 2.24. The quantitative estimate of drug-likeness (QED) is 0.351. The molecule has 1 N–H and O–H groups in total. The first-order chi connectivity index (χ1) is 17.3. The average molecular weight is 505 g/mol. The molecule has 0 aromatic carbocycles. The maximum atomic E-state index is 13.3. The molecule has 0 spiro atoms. The number of fused-ring (bicyclic) bond motifs is 1. The zero-order chi connectivity index (χ0) is 25.6. The van der Waals surface area contributed by atoms with Gasteiger partial charge in [0, 0.05) is 37.4 Å². The Labute approximate surface area is 210 Å². The molecule has 5 rings (SSSR count). The Kier molecular flexibility index (Phi) is 5.88. The first kappa shape index (κ1) is 23.4. The van der Waals surface area contributed by atoms with E-state index >= 15 is 0 Å². The van der Waals surface area contributed by atoms with Crippen LogP contribution < -0.4 is 5.32 Å². The van der Waals surface area contributed by atoms with Gasteiger partial charge in [-0.1, -0.05) is 0 Å². The second kappa shape index (κ2) is 9.04. The van der Waals surface area contributed by atoms with Crippen LogP contribution in [0.3, 0.4) is 0 Å². The predicted octanol–water partition coefficient (Wildman–Crippen LogP) is 3.64. The lowest BCUT2D eigenvalue weighted by molar-refractivity contribution is 0.0527. The molecule has 36 heavy (non-hydrogen) atoms. The van der Waals surface area contributed by atoms with E-state index in [2.05, 4.69) is 20.6 Å². The van der Waals surface area contributed by atoms with Crippen LogP contribution in [0.25, 0.3) is 28.4 Å². The normalized spacial score (nSPS) is 11.2. The second-order valence-corrected chi connectivity index (χ2v) is 9.39. The second-order valence-electron chi connectivity index (χ2n) is 8.17. The van der Waals surface area contributed by atoms with Crippen LogP contribution in [0, 0.1) is 13.8 Å². The van der Waals surface area contributed by atoms with Gasteiger partial charge in [-0.25, -0.2) is 14.3 Å². The number of ether oxygens (including phenoxy) is 1. The van der Waals surface area contributed by atoms with Gasteiger partial charge in [-0.15, -0.1) is 11.3 Å². The SMILES string of the molecule is CCOC(=O)c1c(NC(=O)c2cc3nc(-c4ccnn4C)cc(-c4ccnn4C)n3n2)sc(C)c1C. The summed E-state index contributed by atoms with van der Waals surface area (Å²) in [4.78, 5) is 31.5. The monoisotopic (exact) mass is 504 g/mol. The molecule has 0 saturated heterocycles. The van der Waals surface area contributed by atoms with E-state index in [0.29, 0.717) is 27.6 Å². The van der Waals surface area contributed by atoms with Crippen molar-refractivity contribution in [3.63, 3.8) is 0 Å². The molecule has 5 aromatic rings. The van der Waals surface area contributed by atoms with Crippen LogP contribution in [0.5, 0.6) is 0 Å². The molecule has 0 aliphatic heterocycles. The Morgan fingerprint density at radius 1 is 1.03 bits per heavy atom. The van der Waals surface area contributed by atoms with Crippen molar-refractivity contribution in [2.45, 2.75) is 20.8 Å². The number of hydrogen-bond acceptors (Lipinski definition) is 8. The summed E-state index contributed by atoms with van der Waals surface area (Å²) in [6, 6.07) is 7.24. The van der Waals surface area contributed by atoms with Gasteiger partial charge in [0.05, 0.1) is 34.9 Å². The minimum Gasteiger partial charge on any atom is -0.462 e. The Hall–Kier alpha value is -4.32. The predicted molar refractivity (Wildman–Crippen MR) is 135 cm³/mol. The molecule has 12 heteroatoms. The molecule has 11 nitrogen and oxygen atoms in total. The first-order valence-electron chi connectivity index (χ1n) is 11.2.